The fraction of sp³-hybridized carbons (Fsp3) is 0.455. The van der Waals surface area contributed by atoms with Crippen molar-refractivity contribution in [1.82, 2.24) is 4.98 Å². The molecule has 0 aromatic carbocycles. The van der Waals surface area contributed by atoms with Crippen molar-refractivity contribution in [2.45, 2.75) is 26.2 Å². The Kier molecular flexibility index (Phi) is 4.14. The van der Waals surface area contributed by atoms with Crippen molar-refractivity contribution in [3.05, 3.63) is 34.1 Å². The third kappa shape index (κ3) is 3.51. The number of hydrogen-bond donors (Lipinski definition) is 1. The van der Waals surface area contributed by atoms with Crippen molar-refractivity contribution in [3.8, 4) is 0 Å². The summed E-state index contributed by atoms with van der Waals surface area (Å²) in [5.41, 5.74) is 0.222. The highest BCUT2D eigenvalue weighted by atomic mass is 16.6. The van der Waals surface area contributed by atoms with E-state index in [1.165, 1.54) is 12.1 Å². The van der Waals surface area contributed by atoms with Crippen LogP contribution in [0.1, 0.15) is 31.9 Å². The molecule has 0 saturated carbocycles. The average Bonchev–Trinajstić information content (AvgIpc) is 2.25. The van der Waals surface area contributed by atoms with Crippen LogP contribution in [-0.4, -0.2) is 21.0 Å². The molecule has 1 rings (SSSR count). The molecule has 0 fully saturated rings. The molecular weight excluding hydrogens is 224 g/mol. The first-order valence-electron chi connectivity index (χ1n) is 5.25. The molecule has 0 aliphatic rings. The molecule has 0 aliphatic heterocycles. The van der Waals surface area contributed by atoms with E-state index in [2.05, 4.69) is 4.98 Å². The van der Waals surface area contributed by atoms with E-state index >= 15 is 0 Å². The van der Waals surface area contributed by atoms with Crippen LogP contribution in [-0.2, 0) is 4.79 Å². The van der Waals surface area contributed by atoms with Crippen LogP contribution in [0.2, 0.25) is 0 Å². The molecular formula is C11H14N2O4. The molecule has 0 amide bonds. The van der Waals surface area contributed by atoms with Gasteiger partial charge in [-0.2, -0.15) is 0 Å². The van der Waals surface area contributed by atoms with E-state index in [1.807, 2.05) is 13.8 Å². The van der Waals surface area contributed by atoms with Crippen molar-refractivity contribution in [2.75, 3.05) is 0 Å². The van der Waals surface area contributed by atoms with Crippen molar-refractivity contribution in [1.29, 1.82) is 0 Å². The second-order valence-electron chi connectivity index (χ2n) is 4.22. The Morgan fingerprint density at radius 1 is 1.53 bits per heavy atom. The normalized spacial score (nSPS) is 12.4. The van der Waals surface area contributed by atoms with Gasteiger partial charge in [0.2, 0.25) is 0 Å². The van der Waals surface area contributed by atoms with Gasteiger partial charge in [0.1, 0.15) is 6.20 Å². The van der Waals surface area contributed by atoms with Crippen molar-refractivity contribution in [2.24, 2.45) is 5.92 Å². The maximum absolute atomic E-state index is 11.1. The number of hydrogen-bond acceptors (Lipinski definition) is 4. The fourth-order valence-corrected chi connectivity index (χ4v) is 1.53. The molecule has 0 saturated heterocycles. The molecule has 92 valence electrons. The van der Waals surface area contributed by atoms with Gasteiger partial charge in [-0.1, -0.05) is 13.8 Å². The van der Waals surface area contributed by atoms with E-state index in [9.17, 15) is 14.9 Å². The summed E-state index contributed by atoms with van der Waals surface area (Å²) in [7, 11) is 0. The molecule has 1 atom stereocenters. The van der Waals surface area contributed by atoms with Gasteiger partial charge in [0, 0.05) is 6.07 Å². The lowest BCUT2D eigenvalue weighted by Crippen LogP contribution is -2.15. The zero-order valence-electron chi connectivity index (χ0n) is 9.66. The molecule has 0 spiro atoms. The molecule has 1 unspecified atom stereocenters. The van der Waals surface area contributed by atoms with Gasteiger partial charge >= 0.3 is 5.97 Å². The largest absolute Gasteiger partial charge is 0.481 e. The van der Waals surface area contributed by atoms with Crippen LogP contribution >= 0.6 is 0 Å². The molecule has 17 heavy (non-hydrogen) atoms. The van der Waals surface area contributed by atoms with Crippen molar-refractivity contribution < 1.29 is 14.8 Å². The summed E-state index contributed by atoms with van der Waals surface area (Å²) in [6.07, 6.45) is 1.55. The lowest BCUT2D eigenvalue weighted by atomic mass is 9.94. The minimum Gasteiger partial charge on any atom is -0.481 e. The monoisotopic (exact) mass is 238 g/mol. The molecule has 1 heterocycles. The molecule has 1 N–H and O–H groups in total. The third-order valence-corrected chi connectivity index (χ3v) is 2.34. The highest BCUT2D eigenvalue weighted by molar-refractivity contribution is 5.75. The van der Waals surface area contributed by atoms with Crippen LogP contribution in [0.4, 0.5) is 5.69 Å². The van der Waals surface area contributed by atoms with E-state index in [0.29, 0.717) is 12.1 Å². The second kappa shape index (κ2) is 5.38. The first-order valence-corrected chi connectivity index (χ1v) is 5.25. The second-order valence-corrected chi connectivity index (χ2v) is 4.22. The molecule has 0 radical (unpaired) electrons. The topological polar surface area (TPSA) is 93.3 Å². The van der Waals surface area contributed by atoms with Gasteiger partial charge in [-0.15, -0.1) is 0 Å². The Morgan fingerprint density at radius 2 is 2.18 bits per heavy atom. The highest BCUT2D eigenvalue weighted by Gasteiger charge is 2.23. The summed E-state index contributed by atoms with van der Waals surface area (Å²) >= 11 is 0. The standard InChI is InChI=1S/C11H14N2O4/c1-7(2)5-9(11(14)15)10-4-3-8(6-12-10)13(16)17/h3-4,6-7,9H,5H2,1-2H3,(H,14,15). The van der Waals surface area contributed by atoms with Crippen LogP contribution in [0.3, 0.4) is 0 Å². The summed E-state index contributed by atoms with van der Waals surface area (Å²) in [5.74, 6) is -1.45. The average molecular weight is 238 g/mol. The van der Waals surface area contributed by atoms with Gasteiger partial charge in [-0.05, 0) is 18.4 Å². The smallest absolute Gasteiger partial charge is 0.312 e. The van der Waals surface area contributed by atoms with Gasteiger partial charge in [0.15, 0.2) is 0 Å². The fourth-order valence-electron chi connectivity index (χ4n) is 1.53. The number of pyridine rings is 1. The number of aromatic nitrogens is 1. The lowest BCUT2D eigenvalue weighted by molar-refractivity contribution is -0.385. The number of nitrogens with zero attached hydrogens (tertiary/aromatic N) is 2. The number of carbonyl (C=O) groups is 1. The Bertz CT molecular complexity index is 414. The summed E-state index contributed by atoms with van der Waals surface area (Å²) in [6, 6.07) is 2.68. The number of nitro groups is 1. The van der Waals surface area contributed by atoms with Gasteiger partial charge in [0.25, 0.3) is 5.69 Å². The predicted octanol–water partition coefficient (Wildman–Crippen LogP) is 2.20. The first kappa shape index (κ1) is 13.1. The van der Waals surface area contributed by atoms with Crippen LogP contribution in [0.5, 0.6) is 0 Å². The maximum atomic E-state index is 11.1. The highest BCUT2D eigenvalue weighted by Crippen LogP contribution is 2.23. The molecule has 1 aromatic heterocycles. The van der Waals surface area contributed by atoms with Gasteiger partial charge in [0.05, 0.1) is 16.5 Å². The predicted molar refractivity (Wildman–Crippen MR) is 60.7 cm³/mol. The van der Waals surface area contributed by atoms with Gasteiger partial charge in [-0.3, -0.25) is 19.9 Å². The summed E-state index contributed by atoms with van der Waals surface area (Å²) in [5, 5.41) is 19.5. The van der Waals surface area contributed by atoms with Crippen LogP contribution in [0, 0.1) is 16.0 Å². The van der Waals surface area contributed by atoms with Crippen molar-refractivity contribution in [3.63, 3.8) is 0 Å². The molecule has 0 aliphatic carbocycles. The van der Waals surface area contributed by atoms with Crippen LogP contribution < -0.4 is 0 Å². The number of carboxylic acid groups (broad SMARTS) is 1. The van der Waals surface area contributed by atoms with E-state index in [-0.39, 0.29) is 11.6 Å². The molecule has 0 bridgehead atoms. The van der Waals surface area contributed by atoms with E-state index in [4.69, 9.17) is 5.11 Å². The minimum absolute atomic E-state index is 0.137. The Hall–Kier alpha value is -1.98. The summed E-state index contributed by atoms with van der Waals surface area (Å²) < 4.78 is 0. The quantitative estimate of drug-likeness (QED) is 0.627. The third-order valence-electron chi connectivity index (χ3n) is 2.34. The van der Waals surface area contributed by atoms with Gasteiger partial charge in [-0.25, -0.2) is 0 Å². The van der Waals surface area contributed by atoms with Gasteiger partial charge < -0.3 is 5.11 Å². The number of aliphatic carboxylic acids is 1. The Labute approximate surface area is 98.4 Å². The van der Waals surface area contributed by atoms with Crippen molar-refractivity contribution >= 4 is 11.7 Å². The number of rotatable bonds is 5. The number of carboxylic acids is 1. The van der Waals surface area contributed by atoms with E-state index < -0.39 is 16.8 Å². The molecule has 6 heteroatoms. The maximum Gasteiger partial charge on any atom is 0.312 e. The SMILES string of the molecule is CC(C)CC(C(=O)O)c1ccc([N+](=O)[O-])cn1. The Balaban J connectivity index is 2.95. The zero-order valence-corrected chi connectivity index (χ0v) is 9.66. The first-order chi connectivity index (χ1) is 7.91. The summed E-state index contributed by atoms with van der Waals surface area (Å²) in [4.78, 5) is 24.8. The molecule has 6 nitrogen and oxygen atoms in total. The van der Waals surface area contributed by atoms with E-state index in [0.717, 1.165) is 6.20 Å². The van der Waals surface area contributed by atoms with E-state index in [1.54, 1.807) is 0 Å². The zero-order chi connectivity index (χ0) is 13.0. The Morgan fingerprint density at radius 3 is 2.53 bits per heavy atom. The lowest BCUT2D eigenvalue weighted by Gasteiger charge is -2.13. The minimum atomic E-state index is -0.958. The van der Waals surface area contributed by atoms with Crippen LogP contribution in [0.25, 0.3) is 0 Å². The molecule has 1 aromatic rings. The van der Waals surface area contributed by atoms with Crippen LogP contribution in [0.15, 0.2) is 18.3 Å². The summed E-state index contributed by atoms with van der Waals surface area (Å²) in [6.45, 7) is 3.84.